The molecule has 21 heavy (non-hydrogen) atoms. The van der Waals surface area contributed by atoms with Crippen molar-refractivity contribution in [2.45, 2.75) is 32.6 Å². The molecule has 0 aliphatic carbocycles. The molecule has 0 saturated heterocycles. The zero-order chi connectivity index (χ0) is 15.2. The third-order valence-corrected chi connectivity index (χ3v) is 3.17. The normalized spacial score (nSPS) is 11.4. The van der Waals surface area contributed by atoms with Gasteiger partial charge in [0.25, 0.3) is 0 Å². The van der Waals surface area contributed by atoms with Crippen molar-refractivity contribution in [3.05, 3.63) is 35.9 Å². The second kappa shape index (κ2) is 12.2. The van der Waals surface area contributed by atoms with Gasteiger partial charge in [-0.25, -0.2) is 0 Å². The average molecular weight is 291 g/mol. The highest BCUT2D eigenvalue weighted by molar-refractivity contribution is 5.79. The van der Waals surface area contributed by atoms with E-state index in [9.17, 15) is 0 Å². The van der Waals surface area contributed by atoms with E-state index in [0.717, 1.165) is 51.5 Å². The molecule has 118 valence electrons. The zero-order valence-electron chi connectivity index (χ0n) is 13.4. The van der Waals surface area contributed by atoms with Gasteiger partial charge in [-0.3, -0.25) is 4.99 Å². The van der Waals surface area contributed by atoms with E-state index < -0.39 is 0 Å². The summed E-state index contributed by atoms with van der Waals surface area (Å²) in [6, 6.07) is 10.5. The van der Waals surface area contributed by atoms with E-state index in [-0.39, 0.29) is 0 Å². The van der Waals surface area contributed by atoms with Crippen molar-refractivity contribution < 1.29 is 4.74 Å². The molecule has 0 amide bonds. The molecule has 4 nitrogen and oxygen atoms in total. The predicted octanol–water partition coefficient (Wildman–Crippen LogP) is 2.60. The Hall–Kier alpha value is -1.55. The second-order valence-corrected chi connectivity index (χ2v) is 4.98. The predicted molar refractivity (Wildman–Crippen MR) is 89.9 cm³/mol. The molecule has 0 atom stereocenters. The van der Waals surface area contributed by atoms with Crippen LogP contribution in [0.2, 0.25) is 0 Å². The molecular formula is C17H29N3O. The quantitative estimate of drug-likeness (QED) is 0.396. The fourth-order valence-electron chi connectivity index (χ4n) is 1.92. The number of rotatable bonds is 10. The van der Waals surface area contributed by atoms with Gasteiger partial charge in [-0.15, -0.1) is 0 Å². The zero-order valence-corrected chi connectivity index (χ0v) is 13.4. The van der Waals surface area contributed by atoms with Crippen LogP contribution in [-0.4, -0.2) is 39.3 Å². The van der Waals surface area contributed by atoms with E-state index in [1.807, 2.05) is 6.07 Å². The first kappa shape index (κ1) is 17.5. The number of hydrogen-bond donors (Lipinski definition) is 2. The number of aliphatic imine (C=N–C) groups is 1. The summed E-state index contributed by atoms with van der Waals surface area (Å²) in [6.07, 6.45) is 4.34. The summed E-state index contributed by atoms with van der Waals surface area (Å²) >= 11 is 0. The van der Waals surface area contributed by atoms with E-state index in [0.29, 0.717) is 0 Å². The minimum atomic E-state index is 0.814. The van der Waals surface area contributed by atoms with Crippen molar-refractivity contribution in [2.24, 2.45) is 4.99 Å². The van der Waals surface area contributed by atoms with Crippen LogP contribution < -0.4 is 10.6 Å². The molecule has 0 bridgehead atoms. The molecule has 0 aliphatic heterocycles. The van der Waals surface area contributed by atoms with Gasteiger partial charge in [0.15, 0.2) is 5.96 Å². The third-order valence-electron chi connectivity index (χ3n) is 3.17. The van der Waals surface area contributed by atoms with E-state index in [2.05, 4.69) is 46.8 Å². The first-order valence-corrected chi connectivity index (χ1v) is 7.93. The van der Waals surface area contributed by atoms with Crippen LogP contribution in [-0.2, 0) is 11.2 Å². The van der Waals surface area contributed by atoms with Crippen molar-refractivity contribution in [3.8, 4) is 0 Å². The maximum atomic E-state index is 5.53. The van der Waals surface area contributed by atoms with Crippen LogP contribution in [0.4, 0.5) is 0 Å². The van der Waals surface area contributed by atoms with Gasteiger partial charge >= 0.3 is 0 Å². The van der Waals surface area contributed by atoms with Gasteiger partial charge in [-0.05, 0) is 24.8 Å². The van der Waals surface area contributed by atoms with Crippen LogP contribution in [0.3, 0.4) is 0 Å². The van der Waals surface area contributed by atoms with Gasteiger partial charge in [0.2, 0.25) is 0 Å². The maximum absolute atomic E-state index is 5.53. The molecule has 0 unspecified atom stereocenters. The number of unbranched alkanes of at least 4 members (excludes halogenated alkanes) is 1. The summed E-state index contributed by atoms with van der Waals surface area (Å²) in [6.45, 7) is 5.64. The number of nitrogens with one attached hydrogen (secondary N) is 2. The van der Waals surface area contributed by atoms with Gasteiger partial charge in [0, 0.05) is 33.4 Å². The van der Waals surface area contributed by atoms with Crippen LogP contribution in [0, 0.1) is 0 Å². The summed E-state index contributed by atoms with van der Waals surface area (Å²) in [5.74, 6) is 0.861. The van der Waals surface area contributed by atoms with Gasteiger partial charge in [0.05, 0.1) is 0 Å². The lowest BCUT2D eigenvalue weighted by molar-refractivity contribution is 0.129. The third kappa shape index (κ3) is 9.08. The number of benzene rings is 1. The van der Waals surface area contributed by atoms with E-state index >= 15 is 0 Å². The summed E-state index contributed by atoms with van der Waals surface area (Å²) in [7, 11) is 1.80. The van der Waals surface area contributed by atoms with E-state index in [1.165, 1.54) is 12.0 Å². The molecule has 1 rings (SSSR count). The number of ether oxygens (including phenoxy) is 1. The lowest BCUT2D eigenvalue weighted by Crippen LogP contribution is -2.39. The molecular weight excluding hydrogens is 262 g/mol. The summed E-state index contributed by atoms with van der Waals surface area (Å²) in [5.41, 5.74) is 1.34. The number of guanidine groups is 1. The highest BCUT2D eigenvalue weighted by Gasteiger charge is 1.97. The molecule has 4 heteroatoms. The minimum Gasteiger partial charge on any atom is -0.381 e. The Balaban J connectivity index is 2.04. The van der Waals surface area contributed by atoms with E-state index in [4.69, 9.17) is 4.74 Å². The summed E-state index contributed by atoms with van der Waals surface area (Å²) < 4.78 is 5.53. The standard InChI is InChI=1S/C17H29N3O/c1-3-4-14-21-15-8-12-19-17(18-2)20-13-11-16-9-6-5-7-10-16/h5-7,9-10H,3-4,8,11-15H2,1-2H3,(H2,18,19,20). The first-order valence-electron chi connectivity index (χ1n) is 7.93. The maximum Gasteiger partial charge on any atom is 0.190 e. The Bertz CT molecular complexity index is 379. The van der Waals surface area contributed by atoms with Crippen LogP contribution in [0.25, 0.3) is 0 Å². The Kier molecular flexibility index (Phi) is 10.2. The van der Waals surface area contributed by atoms with Crippen molar-refractivity contribution in [1.82, 2.24) is 10.6 Å². The monoisotopic (exact) mass is 291 g/mol. The Morgan fingerprint density at radius 3 is 2.48 bits per heavy atom. The van der Waals surface area contributed by atoms with Gasteiger partial charge < -0.3 is 15.4 Å². The van der Waals surface area contributed by atoms with E-state index in [1.54, 1.807) is 7.05 Å². The van der Waals surface area contributed by atoms with Crippen LogP contribution in [0.1, 0.15) is 31.7 Å². The first-order chi connectivity index (χ1) is 10.4. The SMILES string of the molecule is CCCCOCCCNC(=NC)NCCc1ccccc1. The molecule has 0 spiro atoms. The summed E-state index contributed by atoms with van der Waals surface area (Å²) in [4.78, 5) is 4.22. The fourth-order valence-corrected chi connectivity index (χ4v) is 1.92. The van der Waals surface area contributed by atoms with Crippen molar-refractivity contribution in [2.75, 3.05) is 33.4 Å². The number of nitrogens with zero attached hydrogens (tertiary/aromatic N) is 1. The van der Waals surface area contributed by atoms with Crippen molar-refractivity contribution in [3.63, 3.8) is 0 Å². The van der Waals surface area contributed by atoms with Gasteiger partial charge in [-0.1, -0.05) is 43.7 Å². The topological polar surface area (TPSA) is 45.6 Å². The minimum absolute atomic E-state index is 0.814. The summed E-state index contributed by atoms with van der Waals surface area (Å²) in [5, 5.41) is 6.63. The highest BCUT2D eigenvalue weighted by Crippen LogP contribution is 1.97. The molecule has 2 N–H and O–H groups in total. The fraction of sp³-hybridized carbons (Fsp3) is 0.588. The molecule has 0 radical (unpaired) electrons. The molecule has 0 fully saturated rings. The molecule has 0 saturated carbocycles. The lowest BCUT2D eigenvalue weighted by Gasteiger charge is -2.12. The molecule has 1 aromatic carbocycles. The highest BCUT2D eigenvalue weighted by atomic mass is 16.5. The Labute approximate surface area is 129 Å². The van der Waals surface area contributed by atoms with Crippen LogP contribution >= 0.6 is 0 Å². The number of hydrogen-bond acceptors (Lipinski definition) is 2. The second-order valence-electron chi connectivity index (χ2n) is 4.98. The molecule has 0 aliphatic rings. The molecule has 1 aromatic rings. The van der Waals surface area contributed by atoms with Gasteiger partial charge in [-0.2, -0.15) is 0 Å². The smallest absolute Gasteiger partial charge is 0.190 e. The largest absolute Gasteiger partial charge is 0.381 e. The lowest BCUT2D eigenvalue weighted by atomic mass is 10.1. The molecule has 0 aromatic heterocycles. The average Bonchev–Trinajstić information content (AvgIpc) is 2.53. The van der Waals surface area contributed by atoms with Crippen LogP contribution in [0.15, 0.2) is 35.3 Å². The Morgan fingerprint density at radius 1 is 1.05 bits per heavy atom. The van der Waals surface area contributed by atoms with Crippen molar-refractivity contribution in [1.29, 1.82) is 0 Å². The van der Waals surface area contributed by atoms with Crippen molar-refractivity contribution >= 4 is 5.96 Å². The Morgan fingerprint density at radius 2 is 1.76 bits per heavy atom. The molecule has 0 heterocycles. The van der Waals surface area contributed by atoms with Gasteiger partial charge in [0.1, 0.15) is 0 Å². The van der Waals surface area contributed by atoms with Crippen LogP contribution in [0.5, 0.6) is 0 Å².